The number of fused-ring (bicyclic) bond motifs is 3. The highest BCUT2D eigenvalue weighted by molar-refractivity contribution is 8.76. The first-order valence-corrected chi connectivity index (χ1v) is 26.9. The van der Waals surface area contributed by atoms with Crippen LogP contribution >= 0.6 is 21.6 Å². The molecule has 12 atom stereocenters. The Bertz CT molecular complexity index is 1870. The molecule has 1 aliphatic carbocycles. The van der Waals surface area contributed by atoms with Gasteiger partial charge in [-0.1, -0.05) is 61.8 Å². The third-order valence-electron chi connectivity index (χ3n) is 14.3. The van der Waals surface area contributed by atoms with Crippen molar-refractivity contribution >= 4 is 50.9 Å². The average Bonchev–Trinajstić information content (AvgIpc) is 3.32. The van der Waals surface area contributed by atoms with Gasteiger partial charge in [0.1, 0.15) is 23.0 Å². The minimum atomic E-state index is -2.43. The lowest BCUT2D eigenvalue weighted by Gasteiger charge is -2.45. The van der Waals surface area contributed by atoms with Gasteiger partial charge in [-0.2, -0.15) is 0 Å². The summed E-state index contributed by atoms with van der Waals surface area (Å²) in [4.78, 5) is 75.8. The van der Waals surface area contributed by atoms with Gasteiger partial charge in [0, 0.05) is 69.9 Å². The van der Waals surface area contributed by atoms with Gasteiger partial charge in [0.2, 0.25) is 11.7 Å². The first-order valence-electron chi connectivity index (χ1n) is 24.6. The summed E-state index contributed by atoms with van der Waals surface area (Å²) in [5.74, 6) is -6.66. The second kappa shape index (κ2) is 26.7. The number of cyclic esters (lactones) is 1. The zero-order chi connectivity index (χ0) is 48.7. The molecule has 0 spiro atoms. The predicted octanol–water partition coefficient (Wildman–Crippen LogP) is 7.59. The van der Waals surface area contributed by atoms with Crippen molar-refractivity contribution in [1.29, 1.82) is 0 Å². The number of methoxy groups -OCH3 is 2. The quantitative estimate of drug-likeness (QED) is 0.0576. The Labute approximate surface area is 406 Å². The van der Waals surface area contributed by atoms with E-state index in [9.17, 15) is 34.2 Å². The number of ketones is 2. The highest BCUT2D eigenvalue weighted by Crippen LogP contribution is 2.39. The SMILES string of the molecule is CO[C@H]1CCC[C@@H](/C=C(\C)[C@H]2OC(=O)[C@@H]3CCCCN3C(=O)C(=O)[C@]3(O)O[C@H](CC[C@@H](C)C/C(C)=C/[C@@H](CCCC(=O)NCCSSc4ccccn4)C(=O)C[C@H](O)[C@H]2C)[C@@H](OC)C[C@H]3C)C1. The second-order valence-corrected chi connectivity index (χ2v) is 22.0. The fourth-order valence-corrected chi connectivity index (χ4v) is 12.1. The van der Waals surface area contributed by atoms with Gasteiger partial charge in [0.05, 0.1) is 24.4 Å². The van der Waals surface area contributed by atoms with Crippen molar-refractivity contribution in [2.24, 2.45) is 29.6 Å². The number of nitrogens with zero attached hydrogens (tertiary/aromatic N) is 2. The van der Waals surface area contributed by atoms with E-state index in [0.29, 0.717) is 57.2 Å². The van der Waals surface area contributed by atoms with Gasteiger partial charge < -0.3 is 39.4 Å². The van der Waals surface area contributed by atoms with E-state index < -0.39 is 71.7 Å². The van der Waals surface area contributed by atoms with E-state index in [4.69, 9.17) is 18.9 Å². The molecule has 0 unspecified atom stereocenters. The number of hydrogen-bond acceptors (Lipinski definition) is 14. The van der Waals surface area contributed by atoms with Crippen LogP contribution in [0.25, 0.3) is 0 Å². The van der Waals surface area contributed by atoms with Gasteiger partial charge in [-0.3, -0.25) is 19.2 Å². The van der Waals surface area contributed by atoms with Gasteiger partial charge in [0.25, 0.3) is 11.7 Å². The summed E-state index contributed by atoms with van der Waals surface area (Å²) in [6.45, 7) is 9.99. The van der Waals surface area contributed by atoms with Crippen LogP contribution in [-0.2, 0) is 42.9 Å². The van der Waals surface area contributed by atoms with E-state index in [1.54, 1.807) is 55.9 Å². The lowest BCUT2D eigenvalue weighted by Crippen LogP contribution is -2.62. The second-order valence-electron chi connectivity index (χ2n) is 19.6. The number of nitrogens with one attached hydrogen (secondary N) is 1. The van der Waals surface area contributed by atoms with Gasteiger partial charge >= 0.3 is 5.97 Å². The lowest BCUT2D eigenvalue weighted by atomic mass is 9.82. The highest BCUT2D eigenvalue weighted by Gasteiger charge is 2.55. The van der Waals surface area contributed by atoms with Crippen LogP contribution in [0.3, 0.4) is 0 Å². The van der Waals surface area contributed by atoms with Crippen LogP contribution < -0.4 is 5.32 Å². The van der Waals surface area contributed by atoms with E-state index >= 15 is 0 Å². The summed E-state index contributed by atoms with van der Waals surface area (Å²) in [5, 5.41) is 27.9. The first-order chi connectivity index (χ1) is 32.0. The number of aromatic nitrogens is 1. The van der Waals surface area contributed by atoms with E-state index in [2.05, 4.69) is 23.3 Å². The molecule has 16 heteroatoms. The molecule has 14 nitrogen and oxygen atoms in total. The van der Waals surface area contributed by atoms with Gasteiger partial charge in [-0.15, -0.1) is 0 Å². The zero-order valence-corrected chi connectivity index (χ0v) is 42.5. The molecule has 374 valence electrons. The Morgan fingerprint density at radius 2 is 1.81 bits per heavy atom. The van der Waals surface area contributed by atoms with Crippen LogP contribution in [0.2, 0.25) is 0 Å². The molecule has 1 saturated carbocycles. The minimum Gasteiger partial charge on any atom is -0.456 e. The number of ether oxygens (including phenoxy) is 4. The normalized spacial score (nSPS) is 34.3. The van der Waals surface area contributed by atoms with Crippen LogP contribution in [0, 0.1) is 29.6 Å². The molecule has 5 rings (SSSR count). The lowest BCUT2D eigenvalue weighted by molar-refractivity contribution is -0.287. The Kier molecular flexibility index (Phi) is 21.9. The van der Waals surface area contributed by atoms with Crippen molar-refractivity contribution in [3.8, 4) is 0 Å². The molecule has 3 aliphatic heterocycles. The molecule has 4 aliphatic rings. The number of amides is 2. The molecule has 4 heterocycles. The smallest absolute Gasteiger partial charge is 0.329 e. The van der Waals surface area contributed by atoms with Crippen LogP contribution in [0.1, 0.15) is 131 Å². The molecular weight excluding hydrogens is 895 g/mol. The summed E-state index contributed by atoms with van der Waals surface area (Å²) in [5.41, 5.74) is 1.70. The summed E-state index contributed by atoms with van der Waals surface area (Å²) in [6, 6.07) is 4.63. The molecule has 67 heavy (non-hydrogen) atoms. The molecule has 2 amide bonds. The van der Waals surface area contributed by atoms with Crippen molar-refractivity contribution in [3.63, 3.8) is 0 Å². The van der Waals surface area contributed by atoms with Crippen molar-refractivity contribution in [1.82, 2.24) is 15.2 Å². The van der Waals surface area contributed by atoms with Gasteiger partial charge in [-0.25, -0.2) is 9.78 Å². The highest BCUT2D eigenvalue weighted by atomic mass is 33.1. The van der Waals surface area contributed by atoms with Crippen LogP contribution in [0.5, 0.6) is 0 Å². The Morgan fingerprint density at radius 3 is 2.54 bits per heavy atom. The summed E-state index contributed by atoms with van der Waals surface area (Å²) in [7, 11) is 6.44. The maximum Gasteiger partial charge on any atom is 0.329 e. The maximum atomic E-state index is 14.4. The number of carbonyl (C=O) groups is 5. The largest absolute Gasteiger partial charge is 0.456 e. The monoisotopic (exact) mass is 971 g/mol. The van der Waals surface area contributed by atoms with Crippen molar-refractivity contribution < 1.29 is 53.1 Å². The molecule has 2 saturated heterocycles. The Morgan fingerprint density at radius 1 is 1.01 bits per heavy atom. The molecular formula is C51H77N3O11S2. The van der Waals surface area contributed by atoms with Crippen LogP contribution in [0.15, 0.2) is 52.7 Å². The number of Topliss-reactive ketones (excluding diaryl/α,β-unsaturated/α-hetero) is 2. The van der Waals surface area contributed by atoms with Gasteiger partial charge in [0.15, 0.2) is 0 Å². The van der Waals surface area contributed by atoms with Gasteiger partial charge in [-0.05, 0) is 131 Å². The third kappa shape index (κ3) is 15.7. The Hall–Kier alpha value is -3.12. The average molecular weight is 972 g/mol. The number of piperidine rings is 1. The zero-order valence-electron chi connectivity index (χ0n) is 40.8. The van der Waals surface area contributed by atoms with Crippen LogP contribution in [0.4, 0.5) is 0 Å². The number of rotatable bonds is 13. The number of aliphatic hydroxyl groups is 2. The number of hydrogen-bond donors (Lipinski definition) is 3. The fraction of sp³-hybridized carbons (Fsp3) is 0.725. The third-order valence-corrected chi connectivity index (χ3v) is 16.5. The molecule has 2 bridgehead atoms. The molecule has 0 aromatic carbocycles. The van der Waals surface area contributed by atoms with E-state index in [1.165, 1.54) is 4.90 Å². The van der Waals surface area contributed by atoms with Crippen molar-refractivity contribution in [2.75, 3.05) is 33.1 Å². The molecule has 3 fully saturated rings. The number of allylic oxidation sites excluding steroid dienone is 3. The number of aliphatic hydroxyl groups excluding tert-OH is 1. The van der Waals surface area contributed by atoms with Crippen molar-refractivity contribution in [3.05, 3.63) is 47.7 Å². The summed E-state index contributed by atoms with van der Waals surface area (Å²) >= 11 is 0. The molecule has 0 radical (unpaired) electrons. The predicted molar refractivity (Wildman–Crippen MR) is 260 cm³/mol. The standard InChI is InChI=1S/C51H77N3O11S2/c1-32-20-21-43-44(63-7)29-35(4)51(61,65-43)48(58)49(59)54-24-11-9-17-40(54)50(60)64-47(34(3)28-37-14-12-16-39(30-37)62-6)36(5)41(55)31-42(56)38(27-33(2)26-32)15-13-18-45(57)52-23-25-66-67-46-19-8-10-22-53-46/h8,10,19,22,27-28,32,35-41,43-44,47,55,61H,9,11-18,20-21,23-26,29-31H2,1-7H3,(H,52,57)/b33-27+,34-28+/t32-,35-,36-,37+,38-,39+,40+,41+,43-,44+,47-,51-/m1/s1. The van der Waals surface area contributed by atoms with Crippen LogP contribution in [-0.4, -0.2) is 125 Å². The van der Waals surface area contributed by atoms with E-state index in [1.807, 2.05) is 38.1 Å². The first kappa shape index (κ1) is 54.8. The van der Waals surface area contributed by atoms with Crippen molar-refractivity contribution in [2.45, 2.75) is 178 Å². The number of esters is 1. The molecule has 1 aromatic rings. The summed E-state index contributed by atoms with van der Waals surface area (Å²) < 4.78 is 24.1. The number of pyridine rings is 1. The maximum absolute atomic E-state index is 14.4. The van der Waals surface area contributed by atoms with E-state index in [-0.39, 0.29) is 61.9 Å². The topological polar surface area (TPSA) is 191 Å². The molecule has 1 aromatic heterocycles. The fourth-order valence-electron chi connectivity index (χ4n) is 10.3. The van der Waals surface area contributed by atoms with E-state index in [0.717, 1.165) is 41.9 Å². The minimum absolute atomic E-state index is 0.0937. The Balaban J connectivity index is 1.40. The molecule has 3 N–H and O–H groups in total. The number of carbonyl (C=O) groups excluding carboxylic acids is 5. The summed E-state index contributed by atoms with van der Waals surface area (Å²) in [6.07, 6.45) is 10.6.